The first-order valence-corrected chi connectivity index (χ1v) is 9.31. The summed E-state index contributed by atoms with van der Waals surface area (Å²) in [5, 5.41) is 4.62. The maximum atomic E-state index is 12.5. The van der Waals surface area contributed by atoms with E-state index in [0.717, 1.165) is 26.9 Å². The second-order valence-electron chi connectivity index (χ2n) is 5.18. The monoisotopic (exact) mass is 389 g/mol. The molecular weight excluding hydrogens is 374 g/mol. The van der Waals surface area contributed by atoms with Crippen molar-refractivity contribution in [3.05, 3.63) is 46.8 Å². The summed E-state index contributed by atoms with van der Waals surface area (Å²) >= 11 is 2.30. The maximum Gasteiger partial charge on any atom is 0.321 e. The van der Waals surface area contributed by atoms with Crippen molar-refractivity contribution in [3.63, 3.8) is 0 Å². The van der Waals surface area contributed by atoms with Crippen LogP contribution in [0, 0.1) is 0 Å². The van der Waals surface area contributed by atoms with E-state index in [2.05, 4.69) is 15.6 Å². The Morgan fingerprint density at radius 2 is 2.04 bits per heavy atom. The summed E-state index contributed by atoms with van der Waals surface area (Å²) in [7, 11) is 1.41. The van der Waals surface area contributed by atoms with E-state index < -0.39 is 11.9 Å². The summed E-state index contributed by atoms with van der Waals surface area (Å²) in [5.41, 5.74) is 1.13. The molecule has 8 nitrogen and oxygen atoms in total. The molecule has 26 heavy (non-hydrogen) atoms. The van der Waals surface area contributed by atoms with Crippen molar-refractivity contribution in [3.8, 4) is 10.4 Å². The Morgan fingerprint density at radius 3 is 2.73 bits per heavy atom. The van der Waals surface area contributed by atoms with Crippen molar-refractivity contribution in [1.82, 2.24) is 20.3 Å². The molecule has 1 aromatic carbocycles. The van der Waals surface area contributed by atoms with Gasteiger partial charge in [0, 0.05) is 11.9 Å². The fourth-order valence-electron chi connectivity index (χ4n) is 2.17. The quantitative estimate of drug-likeness (QED) is 0.352. The first-order chi connectivity index (χ1) is 12.5. The van der Waals surface area contributed by atoms with Crippen molar-refractivity contribution < 1.29 is 9.59 Å². The van der Waals surface area contributed by atoms with Crippen LogP contribution in [0.15, 0.2) is 46.3 Å². The third-order valence-corrected chi connectivity index (χ3v) is 5.53. The van der Waals surface area contributed by atoms with E-state index in [0.29, 0.717) is 10.2 Å². The van der Waals surface area contributed by atoms with Gasteiger partial charge in [-0.05, 0) is 11.6 Å². The molecule has 0 saturated heterocycles. The number of nitrogens with one attached hydrogen (secondary N) is 2. The Kier molecular flexibility index (Phi) is 5.24. The highest BCUT2D eigenvalue weighted by Gasteiger charge is 2.15. The Hall–Kier alpha value is -2.85. The molecule has 3 aromatic rings. The minimum atomic E-state index is -0.602. The van der Waals surface area contributed by atoms with E-state index in [4.69, 9.17) is 5.84 Å². The van der Waals surface area contributed by atoms with Gasteiger partial charge in [-0.15, -0.1) is 11.3 Å². The van der Waals surface area contributed by atoms with Gasteiger partial charge >= 0.3 is 6.03 Å². The average molecular weight is 389 g/mol. The van der Waals surface area contributed by atoms with Crippen molar-refractivity contribution in [1.29, 1.82) is 0 Å². The number of nitrogen functional groups attached to an aromatic ring is 1. The van der Waals surface area contributed by atoms with Crippen LogP contribution in [0.5, 0.6) is 0 Å². The van der Waals surface area contributed by atoms with Gasteiger partial charge in [0.1, 0.15) is 4.70 Å². The zero-order valence-corrected chi connectivity index (χ0v) is 15.3. The Labute approximate surface area is 156 Å². The fourth-order valence-corrected chi connectivity index (χ4v) is 3.93. The number of hydrogen-bond donors (Lipinski definition) is 3. The van der Waals surface area contributed by atoms with Gasteiger partial charge in [0.15, 0.2) is 5.16 Å². The number of urea groups is 1. The second-order valence-corrected chi connectivity index (χ2v) is 7.17. The molecule has 0 aliphatic rings. The van der Waals surface area contributed by atoms with Gasteiger partial charge in [0.05, 0.1) is 11.3 Å². The number of thiophene rings is 1. The molecule has 0 unspecified atom stereocenters. The molecular formula is C16H15N5O3S2. The van der Waals surface area contributed by atoms with Crippen LogP contribution in [-0.2, 0) is 4.79 Å². The number of aromatic nitrogens is 2. The first kappa shape index (κ1) is 18.0. The largest absolute Gasteiger partial charge is 0.341 e. The fraction of sp³-hybridized carbons (Fsp3) is 0.125. The van der Waals surface area contributed by atoms with Crippen LogP contribution in [0.25, 0.3) is 20.7 Å². The Morgan fingerprint density at radius 1 is 1.31 bits per heavy atom. The number of nitrogens with two attached hydrogens (primary N) is 1. The van der Waals surface area contributed by atoms with Crippen LogP contribution < -0.4 is 22.0 Å². The van der Waals surface area contributed by atoms with Crippen LogP contribution in [0.3, 0.4) is 0 Å². The lowest BCUT2D eigenvalue weighted by Crippen LogP contribution is -2.38. The molecule has 10 heteroatoms. The number of benzene rings is 1. The number of hydrogen-bond acceptors (Lipinski definition) is 7. The predicted octanol–water partition coefficient (Wildman–Crippen LogP) is 1.39. The lowest BCUT2D eigenvalue weighted by molar-refractivity contribution is -0.117. The highest BCUT2D eigenvalue weighted by Crippen LogP contribution is 2.31. The highest BCUT2D eigenvalue weighted by molar-refractivity contribution is 7.99. The number of amides is 3. The molecule has 2 heterocycles. The molecule has 0 atom stereocenters. The molecule has 0 aliphatic heterocycles. The van der Waals surface area contributed by atoms with Crippen LogP contribution >= 0.6 is 23.1 Å². The number of carbonyl (C=O) groups excluding carboxylic acids is 2. The van der Waals surface area contributed by atoms with Crippen molar-refractivity contribution >= 4 is 45.3 Å². The summed E-state index contributed by atoms with van der Waals surface area (Å²) in [5.74, 6) is 5.21. The predicted molar refractivity (Wildman–Crippen MR) is 103 cm³/mol. The average Bonchev–Trinajstić information content (AvgIpc) is 3.08. The Bertz CT molecular complexity index is 1030. The van der Waals surface area contributed by atoms with Gasteiger partial charge in [-0.1, -0.05) is 42.1 Å². The summed E-state index contributed by atoms with van der Waals surface area (Å²) < 4.78 is 1.37. The molecule has 3 rings (SSSR count). The molecule has 0 aliphatic carbocycles. The summed E-state index contributed by atoms with van der Waals surface area (Å²) in [6, 6.07) is 10.9. The van der Waals surface area contributed by atoms with Gasteiger partial charge in [0.2, 0.25) is 5.91 Å². The summed E-state index contributed by atoms with van der Waals surface area (Å²) in [4.78, 5) is 40.6. The molecule has 3 amide bonds. The normalized spacial score (nSPS) is 10.7. The number of carbonyl (C=O) groups is 2. The van der Waals surface area contributed by atoms with Crippen LogP contribution in [-0.4, -0.2) is 34.4 Å². The van der Waals surface area contributed by atoms with E-state index in [-0.39, 0.29) is 16.5 Å². The van der Waals surface area contributed by atoms with Gasteiger partial charge < -0.3 is 11.2 Å². The topological polar surface area (TPSA) is 119 Å². The van der Waals surface area contributed by atoms with Crippen molar-refractivity contribution in [2.24, 2.45) is 0 Å². The molecule has 0 saturated carbocycles. The summed E-state index contributed by atoms with van der Waals surface area (Å²) in [6.07, 6.45) is 0. The number of thioether (sulfide) groups is 1. The van der Waals surface area contributed by atoms with Crippen molar-refractivity contribution in [2.45, 2.75) is 5.16 Å². The lowest BCUT2D eigenvalue weighted by atomic mass is 10.2. The zero-order chi connectivity index (χ0) is 18.7. The SMILES string of the molecule is CNC(=O)NC(=O)CSc1nc2cc(-c3ccccc3)sc2c(=O)n1N. The molecule has 0 radical (unpaired) electrons. The molecule has 2 aromatic heterocycles. The summed E-state index contributed by atoms with van der Waals surface area (Å²) in [6.45, 7) is 0. The van der Waals surface area contributed by atoms with Gasteiger partial charge in [-0.2, -0.15) is 0 Å². The van der Waals surface area contributed by atoms with E-state index in [1.165, 1.54) is 18.4 Å². The van der Waals surface area contributed by atoms with Crippen LogP contribution in [0.4, 0.5) is 4.79 Å². The van der Waals surface area contributed by atoms with Crippen molar-refractivity contribution in [2.75, 3.05) is 18.6 Å². The molecule has 0 bridgehead atoms. The zero-order valence-electron chi connectivity index (χ0n) is 13.7. The van der Waals surface area contributed by atoms with E-state index in [1.54, 1.807) is 0 Å². The molecule has 134 valence electrons. The van der Waals surface area contributed by atoms with Crippen LogP contribution in [0.2, 0.25) is 0 Å². The second kappa shape index (κ2) is 7.58. The number of imide groups is 1. The Balaban J connectivity index is 1.88. The van der Waals surface area contributed by atoms with E-state index in [9.17, 15) is 14.4 Å². The maximum absolute atomic E-state index is 12.5. The number of nitrogens with zero attached hydrogens (tertiary/aromatic N) is 2. The standard InChI is InChI=1S/C16H15N5O3S2/c1-18-15(24)20-12(22)8-25-16-19-10-7-11(9-5-3-2-4-6-9)26-13(10)14(23)21(16)17/h2-7H,8,17H2,1H3,(H2,18,20,22,24). The lowest BCUT2D eigenvalue weighted by Gasteiger charge is -2.06. The minimum absolute atomic E-state index is 0.0990. The minimum Gasteiger partial charge on any atom is -0.341 e. The molecule has 0 fully saturated rings. The van der Waals surface area contributed by atoms with Gasteiger partial charge in [-0.3, -0.25) is 14.9 Å². The first-order valence-electron chi connectivity index (χ1n) is 7.51. The molecule has 0 spiro atoms. The highest BCUT2D eigenvalue weighted by atomic mass is 32.2. The number of rotatable bonds is 4. The molecule has 4 N–H and O–H groups in total. The van der Waals surface area contributed by atoms with Gasteiger partial charge in [0.25, 0.3) is 5.56 Å². The van der Waals surface area contributed by atoms with Crippen LogP contribution in [0.1, 0.15) is 0 Å². The smallest absolute Gasteiger partial charge is 0.321 e. The van der Waals surface area contributed by atoms with E-state index in [1.807, 2.05) is 36.4 Å². The third-order valence-electron chi connectivity index (χ3n) is 3.42. The van der Waals surface area contributed by atoms with Gasteiger partial charge in [-0.25, -0.2) is 14.5 Å². The third kappa shape index (κ3) is 3.70. The number of fused-ring (bicyclic) bond motifs is 1. The van der Waals surface area contributed by atoms with E-state index >= 15 is 0 Å².